The lowest BCUT2D eigenvalue weighted by atomic mass is 10.0. The molecule has 1 heterocycles. The molecule has 0 spiro atoms. The summed E-state index contributed by atoms with van der Waals surface area (Å²) in [6.07, 6.45) is 2.21. The molecule has 5 amide bonds. The second-order valence-electron chi connectivity index (χ2n) is 11.5. The van der Waals surface area contributed by atoms with E-state index < -0.39 is 53.8 Å². The van der Waals surface area contributed by atoms with E-state index in [4.69, 9.17) is 11.5 Å². The molecule has 40 heavy (non-hydrogen) atoms. The van der Waals surface area contributed by atoms with Gasteiger partial charge in [-0.2, -0.15) is 0 Å². The molecule has 5 atom stereocenters. The van der Waals surface area contributed by atoms with Crippen molar-refractivity contribution < 1.29 is 24.0 Å². The second kappa shape index (κ2) is 15.4. The van der Waals surface area contributed by atoms with Crippen molar-refractivity contribution in [2.24, 2.45) is 23.3 Å². The number of hydrogen-bond acceptors (Lipinski definition) is 6. The number of amides is 5. The van der Waals surface area contributed by atoms with Crippen LogP contribution in [0.15, 0.2) is 30.3 Å². The number of nitrogens with zero attached hydrogens (tertiary/aromatic N) is 1. The van der Waals surface area contributed by atoms with Gasteiger partial charge < -0.3 is 32.3 Å². The van der Waals surface area contributed by atoms with E-state index in [9.17, 15) is 24.0 Å². The standard InChI is InChI=1S/C29H46N6O5/c1-17(2)14-21(30)29(40)35-13-9-12-24(35)28(39)34-23(15-18(3)4)27(38)32-19(5)26(37)33-22(25(31)36)16-20-10-7-6-8-11-20/h6-8,10-11,17-19,21-24H,9,12-16,30H2,1-5H3,(H2,31,36)(H,32,38)(H,33,37)(H,34,39)/t19-,21-,22-,23-,24-/m0/s1. The van der Waals surface area contributed by atoms with Crippen molar-refractivity contribution in [2.75, 3.05) is 6.54 Å². The topological polar surface area (TPSA) is 177 Å². The molecule has 1 aromatic carbocycles. The van der Waals surface area contributed by atoms with Crippen LogP contribution in [0.25, 0.3) is 0 Å². The zero-order chi connectivity index (χ0) is 30.0. The van der Waals surface area contributed by atoms with E-state index in [0.717, 1.165) is 5.56 Å². The largest absolute Gasteiger partial charge is 0.368 e. The van der Waals surface area contributed by atoms with Gasteiger partial charge in [0.05, 0.1) is 6.04 Å². The van der Waals surface area contributed by atoms with E-state index in [0.29, 0.717) is 32.2 Å². The van der Waals surface area contributed by atoms with Crippen LogP contribution in [0.5, 0.6) is 0 Å². The molecule has 0 saturated carbocycles. The third-order valence-electron chi connectivity index (χ3n) is 6.92. The molecule has 1 aromatic rings. The number of nitrogens with two attached hydrogens (primary N) is 2. The molecule has 1 saturated heterocycles. The Morgan fingerprint density at radius 1 is 0.875 bits per heavy atom. The van der Waals surface area contributed by atoms with E-state index in [1.54, 1.807) is 0 Å². The van der Waals surface area contributed by atoms with Crippen molar-refractivity contribution in [2.45, 2.75) is 96.9 Å². The minimum absolute atomic E-state index is 0.0612. The van der Waals surface area contributed by atoms with Crippen LogP contribution in [-0.2, 0) is 30.4 Å². The van der Waals surface area contributed by atoms with Crippen molar-refractivity contribution in [1.82, 2.24) is 20.9 Å². The average molecular weight is 559 g/mol. The summed E-state index contributed by atoms with van der Waals surface area (Å²) < 4.78 is 0. The Balaban J connectivity index is 2.04. The fourth-order valence-corrected chi connectivity index (χ4v) is 4.84. The molecule has 0 unspecified atom stereocenters. The molecule has 222 valence electrons. The number of nitrogens with one attached hydrogen (secondary N) is 3. The zero-order valence-electron chi connectivity index (χ0n) is 24.3. The lowest BCUT2D eigenvalue weighted by molar-refractivity contribution is -0.140. The lowest BCUT2D eigenvalue weighted by Gasteiger charge is -2.29. The Hall–Kier alpha value is -3.47. The van der Waals surface area contributed by atoms with Gasteiger partial charge in [0.1, 0.15) is 24.2 Å². The summed E-state index contributed by atoms with van der Waals surface area (Å²) in [5.74, 6) is -2.18. The maximum Gasteiger partial charge on any atom is 0.243 e. The fraction of sp³-hybridized carbons (Fsp3) is 0.621. The third-order valence-corrected chi connectivity index (χ3v) is 6.92. The highest BCUT2D eigenvalue weighted by Gasteiger charge is 2.38. The summed E-state index contributed by atoms with van der Waals surface area (Å²) in [6, 6.07) is 4.88. The fourth-order valence-electron chi connectivity index (χ4n) is 4.84. The maximum atomic E-state index is 13.3. The van der Waals surface area contributed by atoms with Crippen molar-refractivity contribution in [3.8, 4) is 0 Å². The first-order valence-electron chi connectivity index (χ1n) is 14.1. The number of carbonyl (C=O) groups excluding carboxylic acids is 5. The summed E-state index contributed by atoms with van der Waals surface area (Å²) >= 11 is 0. The predicted molar refractivity (Wildman–Crippen MR) is 152 cm³/mol. The maximum absolute atomic E-state index is 13.3. The van der Waals surface area contributed by atoms with Gasteiger partial charge in [-0.05, 0) is 50.0 Å². The van der Waals surface area contributed by atoms with E-state index in [-0.39, 0.29) is 24.2 Å². The molecular formula is C29H46N6O5. The predicted octanol–water partition coefficient (Wildman–Crippen LogP) is 0.599. The van der Waals surface area contributed by atoms with E-state index in [2.05, 4.69) is 16.0 Å². The monoisotopic (exact) mass is 558 g/mol. The van der Waals surface area contributed by atoms with Gasteiger partial charge in [-0.1, -0.05) is 58.0 Å². The van der Waals surface area contributed by atoms with Crippen molar-refractivity contribution in [3.63, 3.8) is 0 Å². The van der Waals surface area contributed by atoms with Gasteiger partial charge in [-0.25, -0.2) is 0 Å². The lowest BCUT2D eigenvalue weighted by Crippen LogP contribution is -2.58. The van der Waals surface area contributed by atoms with Gasteiger partial charge in [-0.3, -0.25) is 24.0 Å². The van der Waals surface area contributed by atoms with Crippen molar-refractivity contribution in [3.05, 3.63) is 35.9 Å². The van der Waals surface area contributed by atoms with Crippen LogP contribution < -0.4 is 27.4 Å². The Bertz CT molecular complexity index is 1030. The number of primary amides is 1. The van der Waals surface area contributed by atoms with Gasteiger partial charge >= 0.3 is 0 Å². The smallest absolute Gasteiger partial charge is 0.243 e. The number of likely N-dealkylation sites (tertiary alicyclic amines) is 1. The number of hydrogen-bond donors (Lipinski definition) is 5. The van der Waals surface area contributed by atoms with Gasteiger partial charge in [-0.15, -0.1) is 0 Å². The first-order valence-corrected chi connectivity index (χ1v) is 14.1. The van der Waals surface area contributed by atoms with Crippen LogP contribution in [0.3, 0.4) is 0 Å². The molecular weight excluding hydrogens is 512 g/mol. The first kappa shape index (κ1) is 32.7. The van der Waals surface area contributed by atoms with Gasteiger partial charge in [0.2, 0.25) is 29.5 Å². The van der Waals surface area contributed by atoms with Crippen LogP contribution in [0.4, 0.5) is 0 Å². The van der Waals surface area contributed by atoms with Crippen LogP contribution in [-0.4, -0.2) is 71.2 Å². The van der Waals surface area contributed by atoms with E-state index in [1.807, 2.05) is 58.0 Å². The molecule has 1 fully saturated rings. The van der Waals surface area contributed by atoms with E-state index in [1.165, 1.54) is 11.8 Å². The highest BCUT2D eigenvalue weighted by atomic mass is 16.2. The van der Waals surface area contributed by atoms with Crippen LogP contribution >= 0.6 is 0 Å². The van der Waals surface area contributed by atoms with Crippen molar-refractivity contribution in [1.29, 1.82) is 0 Å². The SMILES string of the molecule is CC(C)C[C@H](NC(=O)[C@@H]1CCCN1C(=O)[C@@H](N)CC(C)C)C(=O)N[C@@H](C)C(=O)N[C@@H](Cc1ccccc1)C(N)=O. The van der Waals surface area contributed by atoms with Crippen LogP contribution in [0, 0.1) is 11.8 Å². The Kier molecular flexibility index (Phi) is 12.6. The molecule has 2 rings (SSSR count). The first-order chi connectivity index (χ1) is 18.8. The summed E-state index contributed by atoms with van der Waals surface area (Å²) in [5.41, 5.74) is 12.4. The molecule has 0 bridgehead atoms. The Morgan fingerprint density at radius 3 is 2.08 bits per heavy atom. The minimum Gasteiger partial charge on any atom is -0.368 e. The minimum atomic E-state index is -0.990. The molecule has 0 radical (unpaired) electrons. The highest BCUT2D eigenvalue weighted by molar-refractivity contribution is 5.95. The number of benzene rings is 1. The van der Waals surface area contributed by atoms with Gasteiger partial charge in [0, 0.05) is 13.0 Å². The summed E-state index contributed by atoms with van der Waals surface area (Å²) in [6.45, 7) is 9.73. The average Bonchev–Trinajstić information content (AvgIpc) is 3.37. The quantitative estimate of drug-likeness (QED) is 0.223. The van der Waals surface area contributed by atoms with Crippen LogP contribution in [0.2, 0.25) is 0 Å². The highest BCUT2D eigenvalue weighted by Crippen LogP contribution is 2.20. The van der Waals surface area contributed by atoms with Gasteiger partial charge in [0.15, 0.2) is 0 Å². The summed E-state index contributed by atoms with van der Waals surface area (Å²) in [7, 11) is 0. The molecule has 1 aliphatic rings. The molecule has 11 heteroatoms. The molecule has 1 aliphatic heterocycles. The molecule has 0 aliphatic carbocycles. The number of rotatable bonds is 14. The summed E-state index contributed by atoms with van der Waals surface area (Å²) in [5, 5.41) is 8.05. The van der Waals surface area contributed by atoms with Gasteiger partial charge in [0.25, 0.3) is 0 Å². The number of carbonyl (C=O) groups is 5. The van der Waals surface area contributed by atoms with Crippen molar-refractivity contribution >= 4 is 29.5 Å². The molecule has 0 aromatic heterocycles. The normalized spacial score (nSPS) is 18.1. The van der Waals surface area contributed by atoms with E-state index >= 15 is 0 Å². The summed E-state index contributed by atoms with van der Waals surface area (Å²) in [4.78, 5) is 65.7. The molecule has 11 nitrogen and oxygen atoms in total. The van der Waals surface area contributed by atoms with Crippen LogP contribution in [0.1, 0.15) is 65.9 Å². The Morgan fingerprint density at radius 2 is 1.50 bits per heavy atom. The molecule has 7 N–H and O–H groups in total. The zero-order valence-corrected chi connectivity index (χ0v) is 24.3. The second-order valence-corrected chi connectivity index (χ2v) is 11.5. The Labute approximate surface area is 237 Å². The third kappa shape index (κ3) is 9.93.